The number of hydrogen-bond donors (Lipinski definition) is 2. The molecule has 0 aliphatic heterocycles. The van der Waals surface area contributed by atoms with Gasteiger partial charge in [0.2, 0.25) is 0 Å². The molecule has 0 saturated carbocycles. The molecule has 0 aliphatic rings. The van der Waals surface area contributed by atoms with Crippen LogP contribution in [0.1, 0.15) is 17.8 Å². The largest absolute Gasteiger partial charge is 0.391 e. The smallest absolute Gasteiger partial charge is 0.0859 e. The highest BCUT2D eigenvalue weighted by Crippen LogP contribution is 2.24. The number of thiophene rings is 1. The van der Waals surface area contributed by atoms with Gasteiger partial charge in [0.25, 0.3) is 0 Å². The number of rotatable bonds is 2. The summed E-state index contributed by atoms with van der Waals surface area (Å²) < 4.78 is 0. The van der Waals surface area contributed by atoms with Crippen LogP contribution in [0.5, 0.6) is 0 Å². The van der Waals surface area contributed by atoms with Gasteiger partial charge in [-0.15, -0.1) is 11.3 Å². The van der Waals surface area contributed by atoms with E-state index in [1.165, 1.54) is 0 Å². The molecular weight excluding hydrogens is 168 g/mol. The van der Waals surface area contributed by atoms with E-state index in [2.05, 4.69) is 4.84 Å². The quantitative estimate of drug-likeness (QED) is 0.678. The average molecular weight is 177 g/mol. The van der Waals surface area contributed by atoms with Gasteiger partial charge in [-0.2, -0.15) is 0 Å². The fourth-order valence-electron chi connectivity index (χ4n) is 0.655. The van der Waals surface area contributed by atoms with Crippen molar-refractivity contribution in [2.24, 2.45) is 0 Å². The Morgan fingerprint density at radius 2 is 2.40 bits per heavy atom. The monoisotopic (exact) mass is 176 g/mol. The Morgan fingerprint density at radius 1 is 1.70 bits per heavy atom. The van der Waals surface area contributed by atoms with Gasteiger partial charge in [0.15, 0.2) is 0 Å². The topological polar surface area (TPSA) is 38.0 Å². The zero-order chi connectivity index (χ0) is 7.56. The van der Waals surface area contributed by atoms with Gasteiger partial charge in [-0.05, 0) is 30.8 Å². The second kappa shape index (κ2) is 3.23. The summed E-state index contributed by atoms with van der Waals surface area (Å²) in [6.45, 7) is 1.98. The highest BCUT2D eigenvalue weighted by atomic mass is 35.5. The molecular formula is C6H9ClN2S. The highest BCUT2D eigenvalue weighted by molar-refractivity contribution is 7.15. The normalized spacial score (nSPS) is 13.4. The number of nitrogen functional groups attached to an aromatic ring is 1. The summed E-state index contributed by atoms with van der Waals surface area (Å²) >= 11 is 6.96. The van der Waals surface area contributed by atoms with Crippen molar-refractivity contribution in [3.63, 3.8) is 0 Å². The maximum atomic E-state index is 5.52. The molecule has 2 nitrogen and oxygen atoms in total. The van der Waals surface area contributed by atoms with Gasteiger partial charge in [0, 0.05) is 4.88 Å². The van der Waals surface area contributed by atoms with E-state index in [0.717, 1.165) is 9.88 Å². The van der Waals surface area contributed by atoms with Crippen LogP contribution in [-0.4, -0.2) is 0 Å². The fraction of sp³-hybridized carbons (Fsp3) is 0.333. The summed E-state index contributed by atoms with van der Waals surface area (Å²) in [5.41, 5.74) is 5.52. The minimum Gasteiger partial charge on any atom is -0.391 e. The van der Waals surface area contributed by atoms with Crippen LogP contribution >= 0.6 is 23.1 Å². The van der Waals surface area contributed by atoms with Crippen LogP contribution < -0.4 is 10.6 Å². The van der Waals surface area contributed by atoms with Crippen LogP contribution in [0.3, 0.4) is 0 Å². The van der Waals surface area contributed by atoms with E-state index >= 15 is 0 Å². The summed E-state index contributed by atoms with van der Waals surface area (Å²) in [5.74, 6) is 0. The van der Waals surface area contributed by atoms with E-state index in [4.69, 9.17) is 17.5 Å². The molecule has 0 spiro atoms. The van der Waals surface area contributed by atoms with Gasteiger partial charge in [-0.3, -0.25) is 0 Å². The first kappa shape index (κ1) is 7.85. The molecule has 0 aromatic carbocycles. The Labute approximate surface area is 69.1 Å². The third-order valence-electron chi connectivity index (χ3n) is 1.24. The molecule has 0 aliphatic carbocycles. The molecule has 0 fully saturated rings. The molecule has 10 heavy (non-hydrogen) atoms. The lowest BCUT2D eigenvalue weighted by Gasteiger charge is -2.02. The average Bonchev–Trinajstić information content (AvgIpc) is 2.34. The highest BCUT2D eigenvalue weighted by Gasteiger charge is 2.04. The molecule has 1 heterocycles. The molecule has 4 heteroatoms. The van der Waals surface area contributed by atoms with Gasteiger partial charge in [0.1, 0.15) is 0 Å². The summed E-state index contributed by atoms with van der Waals surface area (Å²) in [6, 6.07) is 4.04. The number of halogens is 1. The lowest BCUT2D eigenvalue weighted by atomic mass is 10.3. The van der Waals surface area contributed by atoms with Gasteiger partial charge in [0.05, 0.1) is 11.0 Å². The Kier molecular flexibility index (Phi) is 2.54. The Bertz CT molecular complexity index is 211. The number of nitrogens with two attached hydrogens (primary N) is 1. The Morgan fingerprint density at radius 3 is 2.80 bits per heavy atom. The summed E-state index contributed by atoms with van der Waals surface area (Å²) in [4.78, 5) is 3.78. The molecule has 0 amide bonds. The maximum Gasteiger partial charge on any atom is 0.0859 e. The van der Waals surface area contributed by atoms with Gasteiger partial charge < -0.3 is 5.73 Å². The maximum absolute atomic E-state index is 5.52. The van der Waals surface area contributed by atoms with Crippen molar-refractivity contribution in [1.29, 1.82) is 0 Å². The van der Waals surface area contributed by atoms with Gasteiger partial charge in [-0.25, -0.2) is 4.84 Å². The first-order valence-electron chi connectivity index (χ1n) is 2.95. The van der Waals surface area contributed by atoms with Crippen molar-refractivity contribution in [3.05, 3.63) is 17.0 Å². The van der Waals surface area contributed by atoms with Crippen molar-refractivity contribution in [2.75, 3.05) is 5.73 Å². The van der Waals surface area contributed by atoms with Crippen molar-refractivity contribution >= 4 is 28.1 Å². The molecule has 56 valence electrons. The van der Waals surface area contributed by atoms with E-state index in [-0.39, 0.29) is 6.04 Å². The van der Waals surface area contributed by atoms with Crippen LogP contribution in [0, 0.1) is 0 Å². The van der Waals surface area contributed by atoms with Crippen LogP contribution in [-0.2, 0) is 0 Å². The Hall–Kier alpha value is -0.250. The number of hydrogen-bond acceptors (Lipinski definition) is 3. The molecule has 1 atom stereocenters. The zero-order valence-corrected chi connectivity index (χ0v) is 7.17. The first-order valence-corrected chi connectivity index (χ1v) is 4.15. The van der Waals surface area contributed by atoms with Crippen LogP contribution in [0.15, 0.2) is 12.1 Å². The SMILES string of the molecule is CC(NCl)c1ccc(N)s1. The summed E-state index contributed by atoms with van der Waals surface area (Å²) in [6.07, 6.45) is 0. The zero-order valence-electron chi connectivity index (χ0n) is 5.60. The number of anilines is 1. The third kappa shape index (κ3) is 1.62. The van der Waals surface area contributed by atoms with E-state index in [1.54, 1.807) is 11.3 Å². The Balaban J connectivity index is 2.74. The van der Waals surface area contributed by atoms with Crippen LogP contribution in [0.2, 0.25) is 0 Å². The molecule has 1 aromatic heterocycles. The molecule has 1 aromatic rings. The second-order valence-corrected chi connectivity index (χ2v) is 3.44. The standard InChI is InChI=1S/C6H9ClN2S/c1-4(9-7)5-2-3-6(8)10-5/h2-4,9H,8H2,1H3. The lowest BCUT2D eigenvalue weighted by Crippen LogP contribution is -2.03. The number of nitrogens with one attached hydrogen (secondary N) is 1. The van der Waals surface area contributed by atoms with Gasteiger partial charge in [-0.1, -0.05) is 0 Å². The predicted molar refractivity (Wildman–Crippen MR) is 46.1 cm³/mol. The molecule has 1 unspecified atom stereocenters. The summed E-state index contributed by atoms with van der Waals surface area (Å²) in [5, 5.41) is 0.828. The predicted octanol–water partition coefficient (Wildman–Crippen LogP) is 2.13. The molecule has 0 saturated heterocycles. The minimum absolute atomic E-state index is 0.184. The lowest BCUT2D eigenvalue weighted by molar-refractivity contribution is 0.761. The summed E-state index contributed by atoms with van der Waals surface area (Å²) in [7, 11) is 0. The van der Waals surface area contributed by atoms with E-state index < -0.39 is 0 Å². The van der Waals surface area contributed by atoms with Crippen molar-refractivity contribution < 1.29 is 0 Å². The fourth-order valence-corrected chi connectivity index (χ4v) is 1.62. The van der Waals surface area contributed by atoms with Crippen molar-refractivity contribution in [3.8, 4) is 0 Å². The van der Waals surface area contributed by atoms with Crippen LogP contribution in [0.4, 0.5) is 5.00 Å². The third-order valence-corrected chi connectivity index (χ3v) is 2.66. The van der Waals surface area contributed by atoms with Crippen molar-refractivity contribution in [1.82, 2.24) is 4.84 Å². The second-order valence-electron chi connectivity index (χ2n) is 2.07. The van der Waals surface area contributed by atoms with E-state index in [9.17, 15) is 0 Å². The van der Waals surface area contributed by atoms with Crippen LogP contribution in [0.25, 0.3) is 0 Å². The molecule has 0 bridgehead atoms. The molecule has 3 N–H and O–H groups in total. The van der Waals surface area contributed by atoms with Crippen molar-refractivity contribution in [2.45, 2.75) is 13.0 Å². The first-order chi connectivity index (χ1) is 4.74. The molecule has 1 rings (SSSR count). The van der Waals surface area contributed by atoms with Gasteiger partial charge >= 0.3 is 0 Å². The van der Waals surface area contributed by atoms with E-state index in [0.29, 0.717) is 0 Å². The van der Waals surface area contributed by atoms with E-state index in [1.807, 2.05) is 19.1 Å². The molecule has 0 radical (unpaired) electrons. The minimum atomic E-state index is 0.184.